The van der Waals surface area contributed by atoms with Crippen LogP contribution in [0.1, 0.15) is 18.1 Å². The number of rotatable bonds is 8. The number of halogens is 3. The molecule has 0 aliphatic heterocycles. The minimum atomic E-state index is -2.94. The molecule has 0 amide bonds. The SMILES string of the molecule is CCNC(=NCc1ccc(OC)c(OC(F)F)c1)NCc1ccc(F)cc1. The first-order chi connectivity index (χ1) is 13.0. The quantitative estimate of drug-likeness (QED) is 0.541. The van der Waals surface area contributed by atoms with Crippen molar-refractivity contribution in [2.24, 2.45) is 4.99 Å². The molecule has 0 heterocycles. The van der Waals surface area contributed by atoms with Crippen molar-refractivity contribution in [3.05, 3.63) is 59.4 Å². The number of methoxy groups -OCH3 is 1. The number of nitrogens with one attached hydrogen (secondary N) is 2. The van der Waals surface area contributed by atoms with Gasteiger partial charge in [0, 0.05) is 13.1 Å². The molecular weight excluding hydrogens is 359 g/mol. The number of benzene rings is 2. The fraction of sp³-hybridized carbons (Fsp3) is 0.316. The Morgan fingerprint density at radius 1 is 1.04 bits per heavy atom. The zero-order chi connectivity index (χ0) is 19.6. The van der Waals surface area contributed by atoms with Gasteiger partial charge in [0.2, 0.25) is 0 Å². The number of aliphatic imine (C=N–C) groups is 1. The molecule has 0 spiro atoms. The molecule has 2 N–H and O–H groups in total. The Bertz CT molecular complexity index is 752. The number of guanidine groups is 1. The molecule has 8 heteroatoms. The third-order valence-corrected chi connectivity index (χ3v) is 3.58. The molecule has 2 aromatic carbocycles. The van der Waals surface area contributed by atoms with E-state index < -0.39 is 6.61 Å². The smallest absolute Gasteiger partial charge is 0.387 e. The Morgan fingerprint density at radius 3 is 2.37 bits per heavy atom. The molecule has 0 unspecified atom stereocenters. The van der Waals surface area contributed by atoms with Crippen LogP contribution >= 0.6 is 0 Å². The highest BCUT2D eigenvalue weighted by atomic mass is 19.3. The molecule has 0 atom stereocenters. The summed E-state index contributed by atoms with van der Waals surface area (Å²) < 4.78 is 47.5. The maximum Gasteiger partial charge on any atom is 0.387 e. The van der Waals surface area contributed by atoms with E-state index >= 15 is 0 Å². The van der Waals surface area contributed by atoms with Crippen molar-refractivity contribution in [2.45, 2.75) is 26.6 Å². The van der Waals surface area contributed by atoms with Gasteiger partial charge in [-0.1, -0.05) is 18.2 Å². The van der Waals surface area contributed by atoms with Crippen LogP contribution in [0.4, 0.5) is 13.2 Å². The van der Waals surface area contributed by atoms with Crippen LogP contribution in [0.2, 0.25) is 0 Å². The summed E-state index contributed by atoms with van der Waals surface area (Å²) in [4.78, 5) is 4.43. The predicted octanol–water partition coefficient (Wildman–Crippen LogP) is 3.69. The summed E-state index contributed by atoms with van der Waals surface area (Å²) in [5.41, 5.74) is 1.59. The van der Waals surface area contributed by atoms with Gasteiger partial charge in [-0.25, -0.2) is 9.38 Å². The fourth-order valence-electron chi connectivity index (χ4n) is 2.31. The van der Waals surface area contributed by atoms with Crippen LogP contribution in [0.25, 0.3) is 0 Å². The van der Waals surface area contributed by atoms with Gasteiger partial charge in [0.05, 0.1) is 13.7 Å². The Labute approximate surface area is 156 Å². The third kappa shape index (κ3) is 6.73. The lowest BCUT2D eigenvalue weighted by molar-refractivity contribution is -0.0512. The molecule has 2 rings (SSSR count). The second-order valence-corrected chi connectivity index (χ2v) is 5.54. The van der Waals surface area contributed by atoms with Crippen molar-refractivity contribution in [1.82, 2.24) is 10.6 Å². The summed E-state index contributed by atoms with van der Waals surface area (Å²) in [6.45, 7) is 0.359. The Balaban J connectivity index is 2.05. The molecular formula is C19H22F3N3O2. The minimum Gasteiger partial charge on any atom is -0.493 e. The molecule has 0 saturated carbocycles. The van der Waals surface area contributed by atoms with Gasteiger partial charge in [0.15, 0.2) is 17.5 Å². The number of nitrogens with zero attached hydrogens (tertiary/aromatic N) is 1. The molecule has 0 aliphatic rings. The first-order valence-electron chi connectivity index (χ1n) is 8.40. The zero-order valence-corrected chi connectivity index (χ0v) is 15.1. The Kier molecular flexibility index (Phi) is 7.79. The Hall–Kier alpha value is -2.90. The molecule has 146 valence electrons. The summed E-state index contributed by atoms with van der Waals surface area (Å²) in [5, 5.41) is 6.23. The van der Waals surface area contributed by atoms with Crippen LogP contribution in [-0.2, 0) is 13.1 Å². The molecule has 0 fully saturated rings. The van der Waals surface area contributed by atoms with Crippen LogP contribution in [0.5, 0.6) is 11.5 Å². The van der Waals surface area contributed by atoms with Crippen molar-refractivity contribution >= 4 is 5.96 Å². The number of hydrogen-bond donors (Lipinski definition) is 2. The van der Waals surface area contributed by atoms with Crippen molar-refractivity contribution in [1.29, 1.82) is 0 Å². The van der Waals surface area contributed by atoms with Crippen molar-refractivity contribution < 1.29 is 22.6 Å². The molecule has 0 saturated heterocycles. The molecule has 0 radical (unpaired) electrons. The predicted molar refractivity (Wildman–Crippen MR) is 97.7 cm³/mol. The molecule has 5 nitrogen and oxygen atoms in total. The number of alkyl halides is 2. The summed E-state index contributed by atoms with van der Waals surface area (Å²) in [6, 6.07) is 10.9. The van der Waals surface area contributed by atoms with Gasteiger partial charge in [-0.3, -0.25) is 0 Å². The van der Waals surface area contributed by atoms with E-state index in [4.69, 9.17) is 4.74 Å². The number of ether oxygens (including phenoxy) is 2. The van der Waals surface area contributed by atoms with Crippen molar-refractivity contribution in [3.8, 4) is 11.5 Å². The summed E-state index contributed by atoms with van der Waals surface area (Å²) in [6.07, 6.45) is 0. The van der Waals surface area contributed by atoms with Gasteiger partial charge in [-0.2, -0.15) is 8.78 Å². The van der Waals surface area contributed by atoms with E-state index in [1.54, 1.807) is 24.3 Å². The molecule has 27 heavy (non-hydrogen) atoms. The molecule has 0 aliphatic carbocycles. The van der Waals surface area contributed by atoms with E-state index in [0.717, 1.165) is 5.56 Å². The van der Waals surface area contributed by atoms with Crippen LogP contribution in [0.15, 0.2) is 47.5 Å². The lowest BCUT2D eigenvalue weighted by Crippen LogP contribution is -2.36. The first kappa shape index (κ1) is 20.4. The highest BCUT2D eigenvalue weighted by Crippen LogP contribution is 2.29. The second-order valence-electron chi connectivity index (χ2n) is 5.54. The summed E-state index contributed by atoms with van der Waals surface area (Å²) in [7, 11) is 1.38. The fourth-order valence-corrected chi connectivity index (χ4v) is 2.31. The largest absolute Gasteiger partial charge is 0.493 e. The van der Waals surface area contributed by atoms with Crippen LogP contribution in [-0.4, -0.2) is 26.2 Å². The zero-order valence-electron chi connectivity index (χ0n) is 15.1. The normalized spacial score (nSPS) is 11.4. The van der Waals surface area contributed by atoms with E-state index in [2.05, 4.69) is 20.4 Å². The van der Waals surface area contributed by atoms with Gasteiger partial charge < -0.3 is 20.1 Å². The average molecular weight is 381 g/mol. The summed E-state index contributed by atoms with van der Waals surface area (Å²) >= 11 is 0. The van der Waals surface area contributed by atoms with E-state index in [1.807, 2.05) is 6.92 Å². The van der Waals surface area contributed by atoms with Crippen LogP contribution < -0.4 is 20.1 Å². The molecule has 2 aromatic rings. The van der Waals surface area contributed by atoms with E-state index in [-0.39, 0.29) is 23.9 Å². The van der Waals surface area contributed by atoms with Crippen LogP contribution in [0, 0.1) is 5.82 Å². The minimum absolute atomic E-state index is 0.0375. The van der Waals surface area contributed by atoms with Crippen molar-refractivity contribution in [2.75, 3.05) is 13.7 Å². The van der Waals surface area contributed by atoms with E-state index in [1.165, 1.54) is 25.3 Å². The van der Waals surface area contributed by atoms with Gasteiger partial charge in [-0.15, -0.1) is 0 Å². The third-order valence-electron chi connectivity index (χ3n) is 3.58. The highest BCUT2D eigenvalue weighted by Gasteiger charge is 2.11. The van der Waals surface area contributed by atoms with E-state index in [9.17, 15) is 13.2 Å². The van der Waals surface area contributed by atoms with E-state index in [0.29, 0.717) is 24.6 Å². The maximum absolute atomic E-state index is 13.0. The molecule has 0 bridgehead atoms. The van der Waals surface area contributed by atoms with Gasteiger partial charge in [-0.05, 0) is 42.3 Å². The monoisotopic (exact) mass is 381 g/mol. The maximum atomic E-state index is 13.0. The standard InChI is InChI=1S/C19H22F3N3O2/c1-3-23-19(24-11-13-4-7-15(20)8-5-13)25-12-14-6-9-16(26-2)17(10-14)27-18(21)22/h4-10,18H,3,11-12H2,1-2H3,(H2,23,24,25). The van der Waals surface area contributed by atoms with Gasteiger partial charge >= 0.3 is 6.61 Å². The van der Waals surface area contributed by atoms with Crippen LogP contribution in [0.3, 0.4) is 0 Å². The van der Waals surface area contributed by atoms with Gasteiger partial charge in [0.25, 0.3) is 0 Å². The lowest BCUT2D eigenvalue weighted by Gasteiger charge is -2.13. The second kappa shape index (κ2) is 10.3. The topological polar surface area (TPSA) is 54.9 Å². The summed E-state index contributed by atoms with van der Waals surface area (Å²) in [5.74, 6) is 0.448. The van der Waals surface area contributed by atoms with Gasteiger partial charge in [0.1, 0.15) is 5.82 Å². The lowest BCUT2D eigenvalue weighted by atomic mass is 10.2. The van der Waals surface area contributed by atoms with Crippen molar-refractivity contribution in [3.63, 3.8) is 0 Å². The first-order valence-corrected chi connectivity index (χ1v) is 8.40. The number of hydrogen-bond acceptors (Lipinski definition) is 3. The molecule has 0 aromatic heterocycles. The highest BCUT2D eigenvalue weighted by molar-refractivity contribution is 5.79. The Morgan fingerprint density at radius 2 is 1.74 bits per heavy atom. The average Bonchev–Trinajstić information content (AvgIpc) is 2.65.